The number of aromatic nitrogens is 2. The number of rotatable bonds is 4. The van der Waals surface area contributed by atoms with Gasteiger partial charge >= 0.3 is 0 Å². The molecule has 0 aliphatic rings. The lowest BCUT2D eigenvalue weighted by Crippen LogP contribution is -2.29. The molecule has 114 valence electrons. The number of carbonyl (C=O) groups is 1. The zero-order valence-corrected chi connectivity index (χ0v) is 12.2. The van der Waals surface area contributed by atoms with E-state index in [1.165, 1.54) is 0 Å². The summed E-state index contributed by atoms with van der Waals surface area (Å²) in [4.78, 5) is 20.1. The molecule has 1 heterocycles. The topological polar surface area (TPSA) is 92.9 Å². The zero-order chi connectivity index (χ0) is 16.1. The van der Waals surface area contributed by atoms with Crippen molar-refractivity contribution in [1.82, 2.24) is 15.4 Å². The van der Waals surface area contributed by atoms with Gasteiger partial charge in [-0.25, -0.2) is 15.8 Å². The van der Waals surface area contributed by atoms with Crippen molar-refractivity contribution in [1.29, 1.82) is 0 Å². The van der Waals surface area contributed by atoms with Crippen molar-refractivity contribution in [2.24, 2.45) is 5.84 Å². The van der Waals surface area contributed by atoms with Gasteiger partial charge in [-0.1, -0.05) is 30.3 Å². The molecule has 23 heavy (non-hydrogen) atoms. The van der Waals surface area contributed by atoms with Crippen LogP contribution in [-0.4, -0.2) is 15.9 Å². The number of nitrogen functional groups attached to an aromatic ring is 1. The minimum Gasteiger partial charge on any atom is -0.324 e. The smallest absolute Gasteiger partial charge is 0.265 e. The monoisotopic (exact) mass is 305 g/mol. The van der Waals surface area contributed by atoms with Crippen molar-refractivity contribution in [3.63, 3.8) is 0 Å². The Morgan fingerprint density at radius 2 is 1.70 bits per heavy atom. The van der Waals surface area contributed by atoms with Crippen LogP contribution in [-0.2, 0) is 0 Å². The first-order chi connectivity index (χ1) is 11.3. The third-order valence-electron chi connectivity index (χ3n) is 3.26. The molecule has 0 radical (unpaired) electrons. The van der Waals surface area contributed by atoms with Gasteiger partial charge in [0.25, 0.3) is 5.91 Å². The van der Waals surface area contributed by atoms with Gasteiger partial charge in [-0.05, 0) is 30.3 Å². The molecule has 4 N–H and O–H groups in total. The molecule has 3 aromatic rings. The van der Waals surface area contributed by atoms with Crippen LogP contribution in [0, 0.1) is 0 Å². The van der Waals surface area contributed by atoms with Crippen molar-refractivity contribution in [3.05, 3.63) is 72.4 Å². The number of nitrogens with one attached hydrogen (secondary N) is 2. The standard InChI is InChI=1S/C17H15N5O/c18-22-16(23)13-6-8-14(9-7-13)20-17-19-11-10-15(21-17)12-4-2-1-3-5-12/h1-11H,18H2,(H,22,23)(H,19,20,21). The van der Waals surface area contributed by atoms with Crippen LogP contribution in [0.15, 0.2) is 66.9 Å². The molecule has 0 aliphatic heterocycles. The molecule has 1 aromatic heterocycles. The van der Waals surface area contributed by atoms with Gasteiger partial charge < -0.3 is 5.32 Å². The van der Waals surface area contributed by atoms with Gasteiger partial charge in [0.1, 0.15) is 0 Å². The Morgan fingerprint density at radius 3 is 2.39 bits per heavy atom. The Labute approximate surface area is 133 Å². The second kappa shape index (κ2) is 6.67. The lowest BCUT2D eigenvalue weighted by molar-refractivity contribution is 0.0953. The fourth-order valence-electron chi connectivity index (χ4n) is 2.11. The van der Waals surface area contributed by atoms with Crippen LogP contribution in [0.1, 0.15) is 10.4 Å². The number of nitrogens with two attached hydrogens (primary N) is 1. The van der Waals surface area contributed by atoms with E-state index in [1.807, 2.05) is 36.4 Å². The summed E-state index contributed by atoms with van der Waals surface area (Å²) in [7, 11) is 0. The molecule has 6 heteroatoms. The lowest BCUT2D eigenvalue weighted by Gasteiger charge is -2.07. The Bertz CT molecular complexity index is 803. The highest BCUT2D eigenvalue weighted by Crippen LogP contribution is 2.19. The highest BCUT2D eigenvalue weighted by atomic mass is 16.2. The molecule has 0 unspecified atom stereocenters. The van der Waals surface area contributed by atoms with Gasteiger partial charge in [0.2, 0.25) is 5.95 Å². The van der Waals surface area contributed by atoms with Crippen molar-refractivity contribution in [3.8, 4) is 11.3 Å². The van der Waals surface area contributed by atoms with Gasteiger partial charge in [-0.15, -0.1) is 0 Å². The number of carbonyl (C=O) groups excluding carboxylic acids is 1. The van der Waals surface area contributed by atoms with E-state index in [9.17, 15) is 4.79 Å². The van der Waals surface area contributed by atoms with Gasteiger partial charge in [0.05, 0.1) is 5.69 Å². The molecule has 1 amide bonds. The maximum absolute atomic E-state index is 11.4. The molecule has 6 nitrogen and oxygen atoms in total. The number of anilines is 2. The van der Waals surface area contributed by atoms with Crippen LogP contribution in [0.4, 0.5) is 11.6 Å². The summed E-state index contributed by atoms with van der Waals surface area (Å²) >= 11 is 0. The van der Waals surface area contributed by atoms with E-state index >= 15 is 0 Å². The first-order valence-corrected chi connectivity index (χ1v) is 7.03. The predicted octanol–water partition coefficient (Wildman–Crippen LogP) is 2.49. The Hall–Kier alpha value is -3.25. The average molecular weight is 305 g/mol. The largest absolute Gasteiger partial charge is 0.324 e. The quantitative estimate of drug-likeness (QED) is 0.391. The minimum absolute atomic E-state index is 0.334. The predicted molar refractivity (Wildman–Crippen MR) is 88.8 cm³/mol. The first kappa shape index (κ1) is 14.7. The molecule has 0 spiro atoms. The van der Waals surface area contributed by atoms with Crippen molar-refractivity contribution >= 4 is 17.5 Å². The van der Waals surface area contributed by atoms with Crippen LogP contribution in [0.5, 0.6) is 0 Å². The number of amides is 1. The fourth-order valence-corrected chi connectivity index (χ4v) is 2.11. The number of nitrogens with zero attached hydrogens (tertiary/aromatic N) is 2. The van der Waals surface area contributed by atoms with Crippen LogP contribution in [0.2, 0.25) is 0 Å². The first-order valence-electron chi connectivity index (χ1n) is 7.03. The maximum atomic E-state index is 11.4. The molecule has 0 saturated carbocycles. The van der Waals surface area contributed by atoms with E-state index in [0.717, 1.165) is 16.9 Å². The van der Waals surface area contributed by atoms with E-state index in [4.69, 9.17) is 5.84 Å². The van der Waals surface area contributed by atoms with E-state index in [2.05, 4.69) is 20.7 Å². The third kappa shape index (κ3) is 3.50. The van der Waals surface area contributed by atoms with Crippen molar-refractivity contribution < 1.29 is 4.79 Å². The minimum atomic E-state index is -0.334. The second-order valence-corrected chi connectivity index (χ2v) is 4.81. The molecule has 2 aromatic carbocycles. The summed E-state index contributed by atoms with van der Waals surface area (Å²) in [6, 6.07) is 18.6. The number of hydrogen-bond acceptors (Lipinski definition) is 5. The highest BCUT2D eigenvalue weighted by Gasteiger charge is 2.05. The van der Waals surface area contributed by atoms with E-state index in [-0.39, 0.29) is 5.91 Å². The van der Waals surface area contributed by atoms with Crippen LogP contribution >= 0.6 is 0 Å². The van der Waals surface area contributed by atoms with Crippen LogP contribution in [0.25, 0.3) is 11.3 Å². The molecule has 0 fully saturated rings. The van der Waals surface area contributed by atoms with Crippen LogP contribution < -0.4 is 16.6 Å². The summed E-state index contributed by atoms with van der Waals surface area (Å²) in [5, 5.41) is 3.11. The van der Waals surface area contributed by atoms with Crippen molar-refractivity contribution in [2.75, 3.05) is 5.32 Å². The highest BCUT2D eigenvalue weighted by molar-refractivity contribution is 5.94. The van der Waals surface area contributed by atoms with Gasteiger partial charge in [-0.2, -0.15) is 0 Å². The second-order valence-electron chi connectivity index (χ2n) is 4.81. The van der Waals surface area contributed by atoms with Crippen molar-refractivity contribution in [2.45, 2.75) is 0 Å². The number of benzene rings is 2. The number of hydrogen-bond donors (Lipinski definition) is 3. The zero-order valence-electron chi connectivity index (χ0n) is 12.2. The van der Waals surface area contributed by atoms with E-state index in [0.29, 0.717) is 11.5 Å². The van der Waals surface area contributed by atoms with Gasteiger partial charge in [0, 0.05) is 23.0 Å². The molecule has 0 aliphatic carbocycles. The van der Waals surface area contributed by atoms with Gasteiger partial charge in [-0.3, -0.25) is 10.2 Å². The molecular weight excluding hydrogens is 290 g/mol. The SMILES string of the molecule is NNC(=O)c1ccc(Nc2nccc(-c3ccccc3)n2)cc1. The maximum Gasteiger partial charge on any atom is 0.265 e. The molecule has 0 saturated heterocycles. The normalized spacial score (nSPS) is 10.1. The third-order valence-corrected chi connectivity index (χ3v) is 3.26. The average Bonchev–Trinajstić information content (AvgIpc) is 2.63. The summed E-state index contributed by atoms with van der Waals surface area (Å²) in [6.07, 6.45) is 1.70. The Kier molecular flexibility index (Phi) is 4.26. The summed E-state index contributed by atoms with van der Waals surface area (Å²) < 4.78 is 0. The fraction of sp³-hybridized carbons (Fsp3) is 0. The van der Waals surface area contributed by atoms with Gasteiger partial charge in [0.15, 0.2) is 0 Å². The van der Waals surface area contributed by atoms with Crippen LogP contribution in [0.3, 0.4) is 0 Å². The Morgan fingerprint density at radius 1 is 0.957 bits per heavy atom. The molecule has 0 bridgehead atoms. The molecular formula is C17H15N5O. The van der Waals surface area contributed by atoms with E-state index < -0.39 is 0 Å². The summed E-state index contributed by atoms with van der Waals surface area (Å²) in [5.41, 5.74) is 5.21. The van der Waals surface area contributed by atoms with E-state index in [1.54, 1.807) is 30.5 Å². The lowest BCUT2D eigenvalue weighted by atomic mass is 10.1. The number of hydrazine groups is 1. The molecule has 3 rings (SSSR count). The summed E-state index contributed by atoms with van der Waals surface area (Å²) in [5.74, 6) is 5.26. The molecule has 0 atom stereocenters. The summed E-state index contributed by atoms with van der Waals surface area (Å²) in [6.45, 7) is 0. The Balaban J connectivity index is 1.79.